The van der Waals surface area contributed by atoms with Crippen LogP contribution in [0.4, 0.5) is 5.69 Å². The second-order valence-corrected chi connectivity index (χ2v) is 5.42. The lowest BCUT2D eigenvalue weighted by molar-refractivity contribution is -0.124. The fourth-order valence-corrected chi connectivity index (χ4v) is 3.07. The molecule has 0 saturated heterocycles. The number of carbonyl (C=O) groups is 3. The van der Waals surface area contributed by atoms with E-state index in [1.807, 2.05) is 30.3 Å². The molecular weight excluding hydrogens is 292 g/mol. The minimum absolute atomic E-state index is 0.171. The van der Waals surface area contributed by atoms with Gasteiger partial charge in [-0.2, -0.15) is 0 Å². The van der Waals surface area contributed by atoms with Crippen molar-refractivity contribution in [2.45, 2.75) is 20.8 Å². The van der Waals surface area contributed by atoms with Crippen LogP contribution >= 0.6 is 0 Å². The van der Waals surface area contributed by atoms with Crippen LogP contribution in [0.3, 0.4) is 0 Å². The molecule has 5 nitrogen and oxygen atoms in total. The van der Waals surface area contributed by atoms with Crippen LogP contribution in [0.15, 0.2) is 42.5 Å². The summed E-state index contributed by atoms with van der Waals surface area (Å²) in [6, 6.07) is 12.9. The third-order valence-corrected chi connectivity index (χ3v) is 3.86. The molecule has 2 aromatic carbocycles. The molecule has 3 aromatic rings. The first-order valence-electron chi connectivity index (χ1n) is 7.28. The van der Waals surface area contributed by atoms with Crippen molar-refractivity contribution in [2.75, 3.05) is 4.90 Å². The summed E-state index contributed by atoms with van der Waals surface area (Å²) in [5, 5.41) is 1.74. The molecule has 5 heteroatoms. The Hall–Kier alpha value is -2.95. The van der Waals surface area contributed by atoms with Gasteiger partial charge in [-0.25, -0.2) is 4.90 Å². The minimum Gasteiger partial charge on any atom is -0.278 e. The van der Waals surface area contributed by atoms with E-state index in [4.69, 9.17) is 0 Å². The number of amides is 2. The van der Waals surface area contributed by atoms with Crippen molar-refractivity contribution in [3.05, 3.63) is 42.5 Å². The molecule has 1 heterocycles. The van der Waals surface area contributed by atoms with Gasteiger partial charge >= 0.3 is 0 Å². The van der Waals surface area contributed by atoms with Gasteiger partial charge in [0.2, 0.25) is 17.7 Å². The van der Waals surface area contributed by atoms with E-state index in [-0.39, 0.29) is 17.7 Å². The van der Waals surface area contributed by atoms with E-state index in [2.05, 4.69) is 0 Å². The monoisotopic (exact) mass is 308 g/mol. The van der Waals surface area contributed by atoms with Crippen LogP contribution in [0.2, 0.25) is 0 Å². The van der Waals surface area contributed by atoms with E-state index in [9.17, 15) is 14.4 Å². The Bertz CT molecular complexity index is 955. The molecule has 0 fully saturated rings. The zero-order valence-corrected chi connectivity index (χ0v) is 13.2. The first-order chi connectivity index (χ1) is 10.9. The van der Waals surface area contributed by atoms with Gasteiger partial charge in [-0.05, 0) is 12.1 Å². The van der Waals surface area contributed by atoms with Gasteiger partial charge < -0.3 is 0 Å². The van der Waals surface area contributed by atoms with Gasteiger partial charge in [0.25, 0.3) is 0 Å². The minimum atomic E-state index is -0.384. The molecule has 0 atom stereocenters. The molecule has 0 aliphatic heterocycles. The topological polar surface area (TPSA) is 59.4 Å². The Morgan fingerprint density at radius 1 is 0.826 bits per heavy atom. The van der Waals surface area contributed by atoms with Crippen molar-refractivity contribution in [1.29, 1.82) is 0 Å². The number of imide groups is 1. The Kier molecular flexibility index (Phi) is 3.48. The standard InChI is InChI=1S/C18H16N2O3/c1-11(21)19(12(2)22)17-10-6-8-15-14-7-4-5-9-16(14)20(13(3)23)18(15)17/h4-10H,1-3H3. The summed E-state index contributed by atoms with van der Waals surface area (Å²) in [7, 11) is 0. The highest BCUT2D eigenvalue weighted by molar-refractivity contribution is 6.22. The second-order valence-electron chi connectivity index (χ2n) is 5.42. The van der Waals surface area contributed by atoms with Gasteiger partial charge in [0, 0.05) is 31.5 Å². The highest BCUT2D eigenvalue weighted by Crippen LogP contribution is 2.35. The lowest BCUT2D eigenvalue weighted by atomic mass is 10.1. The maximum absolute atomic E-state index is 12.2. The fraction of sp³-hybridized carbons (Fsp3) is 0.167. The number of aromatic nitrogens is 1. The number of benzene rings is 2. The van der Waals surface area contributed by atoms with Crippen LogP contribution in [0.25, 0.3) is 21.8 Å². The summed E-state index contributed by atoms with van der Waals surface area (Å²) < 4.78 is 1.55. The molecule has 23 heavy (non-hydrogen) atoms. The Labute approximate surface area is 133 Å². The van der Waals surface area contributed by atoms with Crippen molar-refractivity contribution >= 4 is 45.2 Å². The number of carbonyl (C=O) groups excluding carboxylic acids is 3. The van der Waals surface area contributed by atoms with Crippen molar-refractivity contribution in [3.8, 4) is 0 Å². The average molecular weight is 308 g/mol. The quantitative estimate of drug-likeness (QED) is 0.692. The SMILES string of the molecule is CC(=O)N(C(C)=O)c1cccc2c3ccccc3n(C(C)=O)c12. The lowest BCUT2D eigenvalue weighted by Gasteiger charge is -2.19. The molecule has 0 saturated carbocycles. The number of nitrogens with zero attached hydrogens (tertiary/aromatic N) is 2. The Balaban J connectivity index is 2.53. The molecule has 3 rings (SSSR count). The molecule has 0 N–H and O–H groups in total. The van der Waals surface area contributed by atoms with Crippen LogP contribution in [0, 0.1) is 0 Å². The van der Waals surface area contributed by atoms with E-state index in [1.54, 1.807) is 16.7 Å². The molecular formula is C18H16N2O3. The zero-order chi connectivity index (χ0) is 16.7. The van der Waals surface area contributed by atoms with Crippen LogP contribution in [0.5, 0.6) is 0 Å². The molecule has 0 aliphatic carbocycles. The number of hydrogen-bond acceptors (Lipinski definition) is 3. The van der Waals surface area contributed by atoms with Crippen LogP contribution in [-0.2, 0) is 9.59 Å². The molecule has 116 valence electrons. The van der Waals surface area contributed by atoms with Gasteiger partial charge in [0.15, 0.2) is 0 Å². The van der Waals surface area contributed by atoms with Gasteiger partial charge in [-0.1, -0.05) is 30.3 Å². The van der Waals surface area contributed by atoms with Crippen LogP contribution in [-0.4, -0.2) is 22.3 Å². The molecule has 0 spiro atoms. The number of fused-ring (bicyclic) bond motifs is 3. The molecule has 0 aliphatic rings. The van der Waals surface area contributed by atoms with Gasteiger partial charge in [0.05, 0.1) is 16.7 Å². The molecule has 2 amide bonds. The normalized spacial score (nSPS) is 10.9. The van der Waals surface area contributed by atoms with E-state index in [0.29, 0.717) is 11.2 Å². The smallest absolute Gasteiger partial charge is 0.230 e. The van der Waals surface area contributed by atoms with Crippen molar-refractivity contribution in [1.82, 2.24) is 4.57 Å². The summed E-state index contributed by atoms with van der Waals surface area (Å²) in [6.45, 7) is 4.14. The maximum Gasteiger partial charge on any atom is 0.230 e. The number of anilines is 1. The number of rotatable bonds is 1. The van der Waals surface area contributed by atoms with Crippen molar-refractivity contribution in [2.24, 2.45) is 0 Å². The second kappa shape index (κ2) is 5.35. The van der Waals surface area contributed by atoms with Crippen molar-refractivity contribution in [3.63, 3.8) is 0 Å². The van der Waals surface area contributed by atoms with E-state index >= 15 is 0 Å². The molecule has 0 radical (unpaired) electrons. The van der Waals surface area contributed by atoms with E-state index < -0.39 is 0 Å². The summed E-state index contributed by atoms with van der Waals surface area (Å²) in [5.41, 5.74) is 1.76. The molecule has 1 aromatic heterocycles. The number of hydrogen-bond donors (Lipinski definition) is 0. The third kappa shape index (κ3) is 2.21. The summed E-state index contributed by atoms with van der Waals surface area (Å²) in [5.74, 6) is -0.938. The Morgan fingerprint density at radius 2 is 1.43 bits per heavy atom. The summed E-state index contributed by atoms with van der Waals surface area (Å²) in [6.07, 6.45) is 0. The zero-order valence-electron chi connectivity index (χ0n) is 13.2. The first-order valence-corrected chi connectivity index (χ1v) is 7.28. The molecule has 0 bridgehead atoms. The predicted molar refractivity (Wildman–Crippen MR) is 89.6 cm³/mol. The highest BCUT2D eigenvalue weighted by atomic mass is 16.2. The van der Waals surface area contributed by atoms with E-state index in [0.717, 1.165) is 21.2 Å². The highest BCUT2D eigenvalue weighted by Gasteiger charge is 2.23. The van der Waals surface area contributed by atoms with Crippen molar-refractivity contribution < 1.29 is 14.4 Å². The Morgan fingerprint density at radius 3 is 2.04 bits per heavy atom. The average Bonchev–Trinajstić information content (AvgIpc) is 2.82. The summed E-state index contributed by atoms with van der Waals surface area (Å²) in [4.78, 5) is 37.2. The summed E-state index contributed by atoms with van der Waals surface area (Å²) >= 11 is 0. The van der Waals surface area contributed by atoms with Gasteiger partial charge in [-0.15, -0.1) is 0 Å². The van der Waals surface area contributed by atoms with Gasteiger partial charge in [-0.3, -0.25) is 19.0 Å². The fourth-order valence-electron chi connectivity index (χ4n) is 3.07. The van der Waals surface area contributed by atoms with E-state index in [1.165, 1.54) is 20.8 Å². The first kappa shape index (κ1) is 15.0. The van der Waals surface area contributed by atoms with Gasteiger partial charge in [0.1, 0.15) is 0 Å². The molecule has 0 unspecified atom stereocenters. The number of para-hydroxylation sites is 2. The maximum atomic E-state index is 12.2. The predicted octanol–water partition coefficient (Wildman–Crippen LogP) is 3.35. The lowest BCUT2D eigenvalue weighted by Crippen LogP contribution is -2.33. The van der Waals surface area contributed by atoms with Crippen LogP contribution < -0.4 is 4.90 Å². The third-order valence-electron chi connectivity index (χ3n) is 3.86. The van der Waals surface area contributed by atoms with Crippen LogP contribution in [0.1, 0.15) is 25.6 Å². The largest absolute Gasteiger partial charge is 0.278 e.